The Bertz CT molecular complexity index is 1050. The zero-order chi connectivity index (χ0) is 22.9. The molecule has 2 heterocycles. The average Bonchev–Trinajstić information content (AvgIpc) is 3.32. The van der Waals surface area contributed by atoms with Gasteiger partial charge < -0.3 is 20.5 Å². The van der Waals surface area contributed by atoms with Gasteiger partial charge in [0, 0.05) is 31.5 Å². The van der Waals surface area contributed by atoms with E-state index in [1.165, 1.54) is 0 Å². The molecule has 0 radical (unpaired) electrons. The molecule has 1 amide bonds. The standard InChI is InChI=1S/C24H29N7O/c1-5-26-24-29-21(15-22(30-24)31-12-6-7-13-31)28-20(14-17(2)3)23(32)27-16-18-8-10-19(25-4)11-9-18/h6-13,15,17,20H,5,14,16H2,1-3H3,(H,27,32)(H2,26,28,29,30). The average molecular weight is 432 g/mol. The summed E-state index contributed by atoms with van der Waals surface area (Å²) in [5, 5.41) is 9.46. The van der Waals surface area contributed by atoms with Crippen LogP contribution in [0.2, 0.25) is 0 Å². The van der Waals surface area contributed by atoms with Crippen LogP contribution < -0.4 is 16.0 Å². The Kier molecular flexibility index (Phi) is 7.81. The normalized spacial score (nSPS) is 11.6. The molecule has 2 aromatic heterocycles. The fourth-order valence-electron chi connectivity index (χ4n) is 3.25. The largest absolute Gasteiger partial charge is 0.358 e. The van der Waals surface area contributed by atoms with Gasteiger partial charge in [-0.05, 0) is 37.0 Å². The zero-order valence-corrected chi connectivity index (χ0v) is 18.7. The number of rotatable bonds is 10. The summed E-state index contributed by atoms with van der Waals surface area (Å²) in [7, 11) is 0. The lowest BCUT2D eigenvalue weighted by Crippen LogP contribution is -2.40. The molecule has 1 unspecified atom stereocenters. The summed E-state index contributed by atoms with van der Waals surface area (Å²) in [6.07, 6.45) is 4.49. The molecule has 0 bridgehead atoms. The van der Waals surface area contributed by atoms with Crippen molar-refractivity contribution in [1.29, 1.82) is 0 Å². The molecule has 3 N–H and O–H groups in total. The third-order valence-corrected chi connectivity index (χ3v) is 4.79. The van der Waals surface area contributed by atoms with E-state index in [2.05, 4.69) is 44.6 Å². The number of nitrogens with zero attached hydrogens (tertiary/aromatic N) is 4. The number of hydrogen-bond donors (Lipinski definition) is 3. The smallest absolute Gasteiger partial charge is 0.242 e. The van der Waals surface area contributed by atoms with E-state index in [-0.39, 0.29) is 5.91 Å². The van der Waals surface area contributed by atoms with Crippen LogP contribution in [0, 0.1) is 12.5 Å². The third kappa shape index (κ3) is 6.32. The molecule has 0 aliphatic carbocycles. The van der Waals surface area contributed by atoms with Crippen LogP contribution in [-0.2, 0) is 11.3 Å². The van der Waals surface area contributed by atoms with E-state index in [9.17, 15) is 4.79 Å². The van der Waals surface area contributed by atoms with Gasteiger partial charge in [0.15, 0.2) is 5.69 Å². The number of benzene rings is 1. The molecule has 0 aliphatic heterocycles. The van der Waals surface area contributed by atoms with Gasteiger partial charge in [0.25, 0.3) is 0 Å². The molecule has 32 heavy (non-hydrogen) atoms. The number of carbonyl (C=O) groups is 1. The van der Waals surface area contributed by atoms with Crippen LogP contribution in [-0.4, -0.2) is 33.0 Å². The quantitative estimate of drug-likeness (QED) is 0.414. The molecular weight excluding hydrogens is 402 g/mol. The van der Waals surface area contributed by atoms with Gasteiger partial charge in [-0.1, -0.05) is 38.1 Å². The molecule has 0 saturated carbocycles. The van der Waals surface area contributed by atoms with Crippen molar-refractivity contribution in [3.63, 3.8) is 0 Å². The van der Waals surface area contributed by atoms with Crippen molar-refractivity contribution in [2.45, 2.75) is 39.8 Å². The molecule has 166 valence electrons. The molecule has 0 saturated heterocycles. The van der Waals surface area contributed by atoms with Gasteiger partial charge in [-0.3, -0.25) is 4.79 Å². The van der Waals surface area contributed by atoms with Crippen LogP contribution in [0.3, 0.4) is 0 Å². The maximum Gasteiger partial charge on any atom is 0.242 e. The maximum absolute atomic E-state index is 13.0. The highest BCUT2D eigenvalue weighted by atomic mass is 16.2. The predicted octanol–water partition coefficient (Wildman–Crippen LogP) is 4.39. The van der Waals surface area contributed by atoms with E-state index in [4.69, 9.17) is 6.57 Å². The van der Waals surface area contributed by atoms with Gasteiger partial charge in [0.05, 0.1) is 6.57 Å². The number of nitrogens with one attached hydrogen (secondary N) is 3. The Morgan fingerprint density at radius 2 is 1.88 bits per heavy atom. The van der Waals surface area contributed by atoms with Gasteiger partial charge >= 0.3 is 0 Å². The first-order valence-corrected chi connectivity index (χ1v) is 10.8. The van der Waals surface area contributed by atoms with Crippen LogP contribution in [0.1, 0.15) is 32.8 Å². The highest BCUT2D eigenvalue weighted by Crippen LogP contribution is 2.18. The van der Waals surface area contributed by atoms with Gasteiger partial charge in [-0.15, -0.1) is 0 Å². The topological polar surface area (TPSA) is 88.2 Å². The van der Waals surface area contributed by atoms with Crippen molar-refractivity contribution in [3.8, 4) is 5.82 Å². The Morgan fingerprint density at radius 1 is 1.16 bits per heavy atom. The Morgan fingerprint density at radius 3 is 2.50 bits per heavy atom. The summed E-state index contributed by atoms with van der Waals surface area (Å²) in [6, 6.07) is 12.5. The molecule has 0 spiro atoms. The van der Waals surface area contributed by atoms with Gasteiger partial charge in [0.2, 0.25) is 11.9 Å². The molecule has 1 atom stereocenters. The van der Waals surface area contributed by atoms with Gasteiger partial charge in [-0.2, -0.15) is 9.97 Å². The first-order valence-electron chi connectivity index (χ1n) is 10.8. The Hall–Kier alpha value is -3.86. The Labute approximate surface area is 188 Å². The number of aromatic nitrogens is 3. The van der Waals surface area contributed by atoms with E-state index in [1.807, 2.05) is 54.2 Å². The molecule has 3 aromatic rings. The van der Waals surface area contributed by atoms with Crippen molar-refractivity contribution >= 4 is 23.4 Å². The van der Waals surface area contributed by atoms with Crippen LogP contribution >= 0.6 is 0 Å². The highest BCUT2D eigenvalue weighted by Gasteiger charge is 2.21. The number of amides is 1. The minimum atomic E-state index is -0.445. The van der Waals surface area contributed by atoms with E-state index >= 15 is 0 Å². The minimum Gasteiger partial charge on any atom is -0.358 e. The fourth-order valence-corrected chi connectivity index (χ4v) is 3.25. The van der Waals surface area contributed by atoms with Crippen LogP contribution in [0.25, 0.3) is 10.7 Å². The van der Waals surface area contributed by atoms with Crippen LogP contribution in [0.5, 0.6) is 0 Å². The predicted molar refractivity (Wildman–Crippen MR) is 127 cm³/mol. The lowest BCUT2D eigenvalue weighted by molar-refractivity contribution is -0.122. The van der Waals surface area contributed by atoms with Crippen molar-refractivity contribution < 1.29 is 4.79 Å². The summed E-state index contributed by atoms with van der Waals surface area (Å²) in [4.78, 5) is 25.5. The second-order valence-electron chi connectivity index (χ2n) is 7.88. The summed E-state index contributed by atoms with van der Waals surface area (Å²) in [5.41, 5.74) is 1.53. The second-order valence-corrected chi connectivity index (χ2v) is 7.88. The summed E-state index contributed by atoms with van der Waals surface area (Å²) < 4.78 is 1.90. The van der Waals surface area contributed by atoms with Crippen molar-refractivity contribution in [1.82, 2.24) is 19.9 Å². The lowest BCUT2D eigenvalue weighted by atomic mass is 10.0. The SMILES string of the molecule is [C-]#[N+]c1ccc(CNC(=O)C(CC(C)C)Nc2cc(-n3cccc3)nc(NCC)n2)cc1. The zero-order valence-electron chi connectivity index (χ0n) is 18.7. The minimum absolute atomic E-state index is 0.0981. The second kappa shape index (κ2) is 11.0. The van der Waals surface area contributed by atoms with Gasteiger partial charge in [0.1, 0.15) is 17.7 Å². The third-order valence-electron chi connectivity index (χ3n) is 4.79. The summed E-state index contributed by atoms with van der Waals surface area (Å²) in [6.45, 7) is 14.3. The first kappa shape index (κ1) is 22.8. The fraction of sp³-hybridized carbons (Fsp3) is 0.333. The number of carbonyl (C=O) groups excluding carboxylic acids is 1. The monoisotopic (exact) mass is 431 g/mol. The van der Waals surface area contributed by atoms with E-state index < -0.39 is 6.04 Å². The number of anilines is 2. The van der Waals surface area contributed by atoms with E-state index in [0.717, 1.165) is 5.56 Å². The summed E-state index contributed by atoms with van der Waals surface area (Å²) >= 11 is 0. The molecule has 8 heteroatoms. The van der Waals surface area contributed by atoms with E-state index in [0.29, 0.717) is 48.7 Å². The first-order chi connectivity index (χ1) is 15.5. The molecule has 8 nitrogen and oxygen atoms in total. The number of hydrogen-bond acceptors (Lipinski definition) is 5. The van der Waals surface area contributed by atoms with Crippen molar-refractivity contribution in [2.75, 3.05) is 17.2 Å². The molecule has 3 rings (SSSR count). The molecular formula is C24H29N7O. The highest BCUT2D eigenvalue weighted by molar-refractivity contribution is 5.84. The lowest BCUT2D eigenvalue weighted by Gasteiger charge is -2.21. The van der Waals surface area contributed by atoms with Gasteiger partial charge in [-0.25, -0.2) is 4.85 Å². The van der Waals surface area contributed by atoms with Crippen molar-refractivity contribution in [3.05, 3.63) is 71.8 Å². The Balaban J connectivity index is 1.76. The van der Waals surface area contributed by atoms with Crippen molar-refractivity contribution in [2.24, 2.45) is 5.92 Å². The molecule has 1 aromatic carbocycles. The van der Waals surface area contributed by atoms with Crippen LogP contribution in [0.15, 0.2) is 54.9 Å². The molecule has 0 aliphatic rings. The van der Waals surface area contributed by atoms with Crippen LogP contribution in [0.4, 0.5) is 17.5 Å². The van der Waals surface area contributed by atoms with E-state index in [1.54, 1.807) is 12.1 Å². The summed E-state index contributed by atoms with van der Waals surface area (Å²) in [5.74, 6) is 2.02. The molecule has 0 fully saturated rings. The maximum atomic E-state index is 13.0.